The normalized spacial score (nSPS) is 17.9. The van der Waals surface area contributed by atoms with Crippen molar-refractivity contribution in [1.29, 1.82) is 0 Å². The topological polar surface area (TPSA) is 34.1 Å². The molecular weight excluding hydrogens is 427 g/mol. The van der Waals surface area contributed by atoms with Gasteiger partial charge in [0.1, 0.15) is 11.9 Å². The van der Waals surface area contributed by atoms with Gasteiger partial charge in [0.15, 0.2) is 0 Å². The van der Waals surface area contributed by atoms with Crippen molar-refractivity contribution in [3.63, 3.8) is 0 Å². The van der Waals surface area contributed by atoms with Crippen LogP contribution in [-0.4, -0.2) is 19.5 Å². The van der Waals surface area contributed by atoms with Gasteiger partial charge in [-0.15, -0.1) is 0 Å². The molecular formula is C29H29FN2O2. The number of halogens is 1. The molecule has 1 unspecified atom stereocenters. The van der Waals surface area contributed by atoms with Gasteiger partial charge in [-0.2, -0.15) is 0 Å². The third-order valence-corrected chi connectivity index (χ3v) is 6.82. The molecule has 0 N–H and O–H groups in total. The molecule has 0 saturated carbocycles. The van der Waals surface area contributed by atoms with Gasteiger partial charge in [0.05, 0.1) is 0 Å². The fourth-order valence-electron chi connectivity index (χ4n) is 5.11. The molecule has 3 aromatic rings. The molecule has 1 aliphatic heterocycles. The largest absolute Gasteiger partial charge is 0.486 e. The molecule has 2 aliphatic rings. The maximum absolute atomic E-state index is 12.5. The summed E-state index contributed by atoms with van der Waals surface area (Å²) in [5, 5.41) is 0. The van der Waals surface area contributed by atoms with Crippen molar-refractivity contribution >= 4 is 22.8 Å². The van der Waals surface area contributed by atoms with Crippen LogP contribution < -0.4 is 9.64 Å². The molecule has 1 atom stereocenters. The van der Waals surface area contributed by atoms with Crippen molar-refractivity contribution in [3.05, 3.63) is 95.1 Å². The van der Waals surface area contributed by atoms with Gasteiger partial charge in [-0.1, -0.05) is 42.5 Å². The lowest BCUT2D eigenvalue weighted by Gasteiger charge is -2.33. The first kappa shape index (κ1) is 22.2. The van der Waals surface area contributed by atoms with Gasteiger partial charge >= 0.3 is 0 Å². The first-order chi connectivity index (χ1) is 16.7. The van der Waals surface area contributed by atoms with Crippen molar-refractivity contribution in [3.8, 4) is 5.75 Å². The van der Waals surface area contributed by atoms with Crippen molar-refractivity contribution in [2.45, 2.75) is 38.7 Å². The number of ether oxygens (including phenoxy) is 1. The number of anilines is 2. The molecule has 174 valence electrons. The predicted octanol–water partition coefficient (Wildman–Crippen LogP) is 7.17. The molecule has 3 aromatic carbocycles. The maximum Gasteiger partial charge on any atom is 0.258 e. The standard InChI is InChI=1S/C29H29FN2O2/c1-20(19-29(31-2)34-30)21-12-14-23(15-13-21)33-28-17-16-24-25(28)9-5-11-27(24)32-18-6-8-22-7-3-4-10-26(22)32/h3-5,7,9-15,19,28H,6,8,16-18H2,1-2H3/b20-19+,31-29?. The summed E-state index contributed by atoms with van der Waals surface area (Å²) < 4.78 is 18.9. The number of para-hydroxylation sites is 1. The number of aliphatic imine (C=N–C) groups is 1. The third kappa shape index (κ3) is 4.30. The number of aryl methyl sites for hydroxylation is 1. The molecule has 5 heteroatoms. The van der Waals surface area contributed by atoms with E-state index in [1.807, 2.05) is 31.2 Å². The van der Waals surface area contributed by atoms with E-state index < -0.39 is 0 Å². The van der Waals surface area contributed by atoms with Crippen LogP contribution in [0.3, 0.4) is 0 Å². The average Bonchev–Trinajstić information content (AvgIpc) is 3.30. The summed E-state index contributed by atoms with van der Waals surface area (Å²) in [6.45, 7) is 2.94. The highest BCUT2D eigenvalue weighted by Crippen LogP contribution is 2.43. The third-order valence-electron chi connectivity index (χ3n) is 6.82. The van der Waals surface area contributed by atoms with E-state index in [2.05, 4.69) is 57.3 Å². The number of hydrogen-bond donors (Lipinski definition) is 0. The van der Waals surface area contributed by atoms with E-state index in [1.54, 1.807) is 6.08 Å². The van der Waals surface area contributed by atoms with Crippen LogP contribution in [0, 0.1) is 0 Å². The Labute approximate surface area is 200 Å². The number of rotatable bonds is 5. The van der Waals surface area contributed by atoms with E-state index in [-0.39, 0.29) is 12.0 Å². The summed E-state index contributed by atoms with van der Waals surface area (Å²) >= 11 is 0. The Morgan fingerprint density at radius 1 is 1.00 bits per heavy atom. The summed E-state index contributed by atoms with van der Waals surface area (Å²) in [7, 11) is 1.49. The van der Waals surface area contributed by atoms with Crippen molar-refractivity contribution in [1.82, 2.24) is 0 Å². The van der Waals surface area contributed by atoms with Gasteiger partial charge in [-0.3, -0.25) is 9.93 Å². The number of hydrogen-bond acceptors (Lipinski definition) is 4. The lowest BCUT2D eigenvalue weighted by Crippen LogP contribution is -2.25. The van der Waals surface area contributed by atoms with E-state index in [4.69, 9.17) is 4.74 Å². The van der Waals surface area contributed by atoms with Crippen LogP contribution in [0.4, 0.5) is 15.9 Å². The molecule has 1 heterocycles. The van der Waals surface area contributed by atoms with Crippen LogP contribution >= 0.6 is 0 Å². The molecule has 0 fully saturated rings. The Morgan fingerprint density at radius 3 is 2.59 bits per heavy atom. The number of allylic oxidation sites excluding steroid dienone is 1. The van der Waals surface area contributed by atoms with Crippen LogP contribution in [0.25, 0.3) is 5.57 Å². The van der Waals surface area contributed by atoms with Crippen LogP contribution in [0.15, 0.2) is 77.8 Å². The molecule has 0 spiro atoms. The van der Waals surface area contributed by atoms with Crippen LogP contribution in [0.2, 0.25) is 0 Å². The maximum atomic E-state index is 12.5. The minimum atomic E-state index is -0.0486. The van der Waals surface area contributed by atoms with E-state index in [0.717, 1.165) is 42.7 Å². The monoisotopic (exact) mass is 456 g/mol. The highest BCUT2D eigenvalue weighted by atomic mass is 19.3. The van der Waals surface area contributed by atoms with E-state index in [0.29, 0.717) is 0 Å². The molecule has 0 bridgehead atoms. The Morgan fingerprint density at radius 2 is 1.79 bits per heavy atom. The summed E-state index contributed by atoms with van der Waals surface area (Å²) in [4.78, 5) is 9.99. The van der Waals surface area contributed by atoms with Crippen LogP contribution in [-0.2, 0) is 17.8 Å². The fraction of sp³-hybridized carbons (Fsp3) is 0.276. The Balaban J connectivity index is 1.36. The second-order valence-electron chi connectivity index (χ2n) is 8.86. The van der Waals surface area contributed by atoms with E-state index in [1.165, 1.54) is 41.5 Å². The molecule has 4 nitrogen and oxygen atoms in total. The van der Waals surface area contributed by atoms with E-state index in [9.17, 15) is 4.53 Å². The summed E-state index contributed by atoms with van der Waals surface area (Å²) in [5.41, 5.74) is 8.58. The molecule has 0 aromatic heterocycles. The molecule has 1 aliphatic carbocycles. The zero-order valence-electron chi connectivity index (χ0n) is 19.6. The summed E-state index contributed by atoms with van der Waals surface area (Å²) in [6, 6.07) is 23.3. The van der Waals surface area contributed by atoms with Gasteiger partial charge in [0.2, 0.25) is 0 Å². The molecule has 5 rings (SSSR count). The number of nitrogens with zero attached hydrogens (tertiary/aromatic N) is 2. The average molecular weight is 457 g/mol. The second-order valence-corrected chi connectivity index (χ2v) is 8.86. The van der Waals surface area contributed by atoms with Gasteiger partial charge in [-0.25, -0.2) is 0 Å². The highest BCUT2D eigenvalue weighted by Gasteiger charge is 2.29. The predicted molar refractivity (Wildman–Crippen MR) is 136 cm³/mol. The number of benzene rings is 3. The quantitative estimate of drug-likeness (QED) is 0.301. The SMILES string of the molecule is CN=C(/C=C(\C)c1ccc(OC2CCc3c2cccc3N2CCCc3ccccc32)cc1)OF. The van der Waals surface area contributed by atoms with Crippen molar-refractivity contribution in [2.75, 3.05) is 18.5 Å². The van der Waals surface area contributed by atoms with Crippen LogP contribution in [0.1, 0.15) is 48.1 Å². The molecule has 0 radical (unpaired) electrons. The first-order valence-corrected chi connectivity index (χ1v) is 11.9. The van der Waals surface area contributed by atoms with E-state index >= 15 is 0 Å². The molecule has 0 saturated heterocycles. The van der Waals surface area contributed by atoms with Gasteiger partial charge in [0, 0.05) is 35.6 Å². The van der Waals surface area contributed by atoms with Gasteiger partial charge in [-0.05, 0) is 84.7 Å². The molecule has 34 heavy (non-hydrogen) atoms. The van der Waals surface area contributed by atoms with Gasteiger partial charge in [0.25, 0.3) is 5.90 Å². The second kappa shape index (κ2) is 9.72. The molecule has 0 amide bonds. The minimum absolute atomic E-state index is 0.0382. The Hall–Kier alpha value is -3.60. The summed E-state index contributed by atoms with van der Waals surface area (Å²) in [5.74, 6) is 0.779. The van der Waals surface area contributed by atoms with Crippen molar-refractivity contribution < 1.29 is 14.2 Å². The zero-order chi connectivity index (χ0) is 23.5. The Kier molecular flexibility index (Phi) is 6.35. The first-order valence-electron chi connectivity index (χ1n) is 11.9. The smallest absolute Gasteiger partial charge is 0.258 e. The van der Waals surface area contributed by atoms with Gasteiger partial charge < -0.3 is 9.64 Å². The van der Waals surface area contributed by atoms with Crippen LogP contribution in [0.5, 0.6) is 5.75 Å². The minimum Gasteiger partial charge on any atom is -0.486 e. The lowest BCUT2D eigenvalue weighted by atomic mass is 9.99. The van der Waals surface area contributed by atoms with Crippen molar-refractivity contribution in [2.24, 2.45) is 4.99 Å². The number of fused-ring (bicyclic) bond motifs is 2. The Bertz CT molecular complexity index is 1230. The zero-order valence-corrected chi connectivity index (χ0v) is 19.6. The summed E-state index contributed by atoms with van der Waals surface area (Å²) in [6.07, 6.45) is 5.90. The lowest BCUT2D eigenvalue weighted by molar-refractivity contribution is -0.0220. The highest BCUT2D eigenvalue weighted by molar-refractivity contribution is 5.94. The fourth-order valence-corrected chi connectivity index (χ4v) is 5.11.